The predicted molar refractivity (Wildman–Crippen MR) is 103 cm³/mol. The molecule has 0 radical (unpaired) electrons. The van der Waals surface area contributed by atoms with Gasteiger partial charge in [0.05, 0.1) is 18.4 Å². The van der Waals surface area contributed by atoms with Gasteiger partial charge < -0.3 is 20.7 Å². The first-order valence-electron chi connectivity index (χ1n) is 9.20. The van der Waals surface area contributed by atoms with Crippen LogP contribution in [0.25, 0.3) is 0 Å². The molecule has 2 aliphatic rings. The van der Waals surface area contributed by atoms with Gasteiger partial charge in [-0.25, -0.2) is 0 Å². The second-order valence-electron chi connectivity index (χ2n) is 7.27. The molecule has 1 amide bonds. The Balaban J connectivity index is 1.52. The average Bonchev–Trinajstić information content (AvgIpc) is 3.24. The van der Waals surface area contributed by atoms with Gasteiger partial charge in [0.25, 0.3) is 5.91 Å². The van der Waals surface area contributed by atoms with Crippen LogP contribution in [0.3, 0.4) is 0 Å². The Labute approximate surface area is 154 Å². The zero-order chi connectivity index (χ0) is 18.1. The summed E-state index contributed by atoms with van der Waals surface area (Å²) >= 11 is 0. The van der Waals surface area contributed by atoms with Crippen LogP contribution in [0.4, 0.5) is 11.4 Å². The molecule has 5 heteroatoms. The Morgan fingerprint density at radius 1 is 1.12 bits per heavy atom. The number of para-hydroxylation sites is 1. The molecule has 2 aromatic carbocycles. The van der Waals surface area contributed by atoms with Crippen molar-refractivity contribution in [1.29, 1.82) is 0 Å². The number of benzene rings is 2. The smallest absolute Gasteiger partial charge is 0.255 e. The third-order valence-electron chi connectivity index (χ3n) is 5.73. The molecular weight excluding hydrogens is 326 g/mol. The minimum absolute atomic E-state index is 0.0863. The number of methoxy groups -OCH3 is 1. The Hall–Kier alpha value is -2.53. The number of carbonyl (C=O) groups is 1. The lowest BCUT2D eigenvalue weighted by Crippen LogP contribution is -2.33. The van der Waals surface area contributed by atoms with E-state index in [1.54, 1.807) is 7.11 Å². The van der Waals surface area contributed by atoms with Crippen LogP contribution in [0.1, 0.15) is 23.2 Å². The third kappa shape index (κ3) is 3.15. The predicted octanol–water partition coefficient (Wildman–Crippen LogP) is 3.25. The molecule has 136 valence electrons. The largest absolute Gasteiger partial charge is 0.497 e. The maximum Gasteiger partial charge on any atom is 0.255 e. The number of nitrogens with two attached hydrogens (primary N) is 1. The minimum atomic E-state index is 0.0863. The van der Waals surface area contributed by atoms with Gasteiger partial charge in [-0.15, -0.1) is 0 Å². The molecule has 5 nitrogen and oxygen atoms in total. The number of fused-ring (bicyclic) bond motifs is 1. The molecule has 0 bridgehead atoms. The summed E-state index contributed by atoms with van der Waals surface area (Å²) in [7, 11) is 1.65. The molecule has 1 saturated carbocycles. The molecule has 0 spiro atoms. The number of carbonyl (C=O) groups excluding carboxylic acids is 1. The van der Waals surface area contributed by atoms with Crippen molar-refractivity contribution in [2.45, 2.75) is 18.9 Å². The Kier molecular flexibility index (Phi) is 4.55. The van der Waals surface area contributed by atoms with Gasteiger partial charge in [0.2, 0.25) is 0 Å². The van der Waals surface area contributed by atoms with Crippen LogP contribution >= 0.6 is 0 Å². The molecule has 3 atom stereocenters. The van der Waals surface area contributed by atoms with E-state index < -0.39 is 0 Å². The number of hydrogen-bond acceptors (Lipinski definition) is 4. The highest BCUT2D eigenvalue weighted by molar-refractivity contribution is 6.00. The van der Waals surface area contributed by atoms with E-state index in [1.807, 2.05) is 53.4 Å². The van der Waals surface area contributed by atoms with Crippen molar-refractivity contribution < 1.29 is 9.53 Å². The molecule has 2 fully saturated rings. The van der Waals surface area contributed by atoms with Crippen molar-refractivity contribution in [3.8, 4) is 5.75 Å². The number of amides is 1. The molecule has 1 heterocycles. The Morgan fingerprint density at radius 3 is 2.62 bits per heavy atom. The van der Waals surface area contributed by atoms with E-state index in [-0.39, 0.29) is 11.9 Å². The topological polar surface area (TPSA) is 67.6 Å². The summed E-state index contributed by atoms with van der Waals surface area (Å²) in [6, 6.07) is 15.6. The zero-order valence-electron chi connectivity index (χ0n) is 15.0. The molecule has 26 heavy (non-hydrogen) atoms. The second-order valence-corrected chi connectivity index (χ2v) is 7.27. The molecule has 1 saturated heterocycles. The second kappa shape index (κ2) is 7.00. The molecule has 0 aromatic heterocycles. The van der Waals surface area contributed by atoms with E-state index >= 15 is 0 Å². The highest BCUT2D eigenvalue weighted by atomic mass is 16.5. The van der Waals surface area contributed by atoms with E-state index in [0.717, 1.165) is 43.1 Å². The fourth-order valence-corrected chi connectivity index (χ4v) is 4.25. The summed E-state index contributed by atoms with van der Waals surface area (Å²) in [5.74, 6) is 1.92. The molecule has 3 unspecified atom stereocenters. The Morgan fingerprint density at radius 2 is 1.88 bits per heavy atom. The summed E-state index contributed by atoms with van der Waals surface area (Å²) in [6.45, 7) is 1.61. The van der Waals surface area contributed by atoms with Gasteiger partial charge in [0, 0.05) is 24.8 Å². The molecular formula is C21H25N3O2. The average molecular weight is 351 g/mol. The van der Waals surface area contributed by atoms with Gasteiger partial charge in [-0.05, 0) is 61.1 Å². The molecule has 4 rings (SSSR count). The van der Waals surface area contributed by atoms with Crippen LogP contribution in [0.2, 0.25) is 0 Å². The molecule has 1 aliphatic heterocycles. The summed E-state index contributed by atoms with van der Waals surface area (Å²) < 4.78 is 5.19. The van der Waals surface area contributed by atoms with Gasteiger partial charge in [-0.2, -0.15) is 0 Å². The van der Waals surface area contributed by atoms with Crippen LogP contribution in [0.5, 0.6) is 5.75 Å². The van der Waals surface area contributed by atoms with Crippen molar-refractivity contribution in [2.75, 3.05) is 25.5 Å². The first-order chi connectivity index (χ1) is 12.7. The van der Waals surface area contributed by atoms with Crippen LogP contribution in [-0.4, -0.2) is 37.0 Å². The van der Waals surface area contributed by atoms with E-state index in [0.29, 0.717) is 17.4 Å². The number of hydrogen-bond donors (Lipinski definition) is 2. The number of nitrogens with one attached hydrogen (secondary N) is 1. The lowest BCUT2D eigenvalue weighted by molar-refractivity contribution is 0.0780. The monoisotopic (exact) mass is 351 g/mol. The molecule has 1 aliphatic carbocycles. The van der Waals surface area contributed by atoms with Crippen LogP contribution in [0.15, 0.2) is 48.5 Å². The summed E-state index contributed by atoms with van der Waals surface area (Å²) in [5, 5.41) is 3.36. The normalized spacial score (nSPS) is 24.4. The lowest BCUT2D eigenvalue weighted by Gasteiger charge is -2.21. The summed E-state index contributed by atoms with van der Waals surface area (Å²) in [6.07, 6.45) is 2.23. The zero-order valence-corrected chi connectivity index (χ0v) is 15.0. The fourth-order valence-electron chi connectivity index (χ4n) is 4.25. The van der Waals surface area contributed by atoms with Crippen molar-refractivity contribution >= 4 is 17.3 Å². The highest BCUT2D eigenvalue weighted by Gasteiger charge is 2.42. The van der Waals surface area contributed by atoms with E-state index in [4.69, 9.17) is 10.5 Å². The molecule has 2 aromatic rings. The fraction of sp³-hybridized carbons (Fsp3) is 0.381. The summed E-state index contributed by atoms with van der Waals surface area (Å²) in [5.41, 5.74) is 8.67. The van der Waals surface area contributed by atoms with Crippen LogP contribution in [-0.2, 0) is 0 Å². The number of anilines is 2. The third-order valence-corrected chi connectivity index (χ3v) is 5.73. The van der Waals surface area contributed by atoms with Crippen molar-refractivity contribution in [2.24, 2.45) is 17.6 Å². The minimum Gasteiger partial charge on any atom is -0.497 e. The standard InChI is InChI=1S/C21H25N3O2/c1-26-16-9-7-15(8-10-16)23-20-5-3-2-4-17(20)21(25)24-12-14-6-11-19(22)18(14)13-24/h2-5,7-10,14,18-19,23H,6,11-13,22H2,1H3. The quantitative estimate of drug-likeness (QED) is 0.887. The van der Waals surface area contributed by atoms with Crippen molar-refractivity contribution in [1.82, 2.24) is 4.90 Å². The maximum absolute atomic E-state index is 13.1. The van der Waals surface area contributed by atoms with Crippen molar-refractivity contribution in [3.63, 3.8) is 0 Å². The first-order valence-corrected chi connectivity index (χ1v) is 9.20. The maximum atomic E-state index is 13.1. The van der Waals surface area contributed by atoms with Crippen molar-refractivity contribution in [3.05, 3.63) is 54.1 Å². The highest BCUT2D eigenvalue weighted by Crippen LogP contribution is 2.38. The van der Waals surface area contributed by atoms with Gasteiger partial charge in [-0.1, -0.05) is 12.1 Å². The number of rotatable bonds is 4. The van der Waals surface area contributed by atoms with E-state index in [1.165, 1.54) is 0 Å². The summed E-state index contributed by atoms with van der Waals surface area (Å²) in [4.78, 5) is 15.1. The molecule has 3 N–H and O–H groups in total. The van der Waals surface area contributed by atoms with Gasteiger partial charge >= 0.3 is 0 Å². The van der Waals surface area contributed by atoms with Crippen LogP contribution < -0.4 is 15.8 Å². The van der Waals surface area contributed by atoms with Gasteiger partial charge in [0.15, 0.2) is 0 Å². The first kappa shape index (κ1) is 16.9. The Bertz CT molecular complexity index is 790. The SMILES string of the molecule is COc1ccc(Nc2ccccc2C(=O)N2CC3CCC(N)C3C2)cc1. The van der Waals surface area contributed by atoms with E-state index in [9.17, 15) is 4.79 Å². The number of likely N-dealkylation sites (tertiary alicyclic amines) is 1. The lowest BCUT2D eigenvalue weighted by atomic mass is 9.98. The van der Waals surface area contributed by atoms with Gasteiger partial charge in [0.1, 0.15) is 5.75 Å². The number of nitrogens with zero attached hydrogens (tertiary/aromatic N) is 1. The van der Waals surface area contributed by atoms with Gasteiger partial charge in [-0.3, -0.25) is 4.79 Å². The van der Waals surface area contributed by atoms with Crippen LogP contribution in [0, 0.1) is 11.8 Å². The van der Waals surface area contributed by atoms with E-state index in [2.05, 4.69) is 5.32 Å². The number of ether oxygens (including phenoxy) is 1.